The number of hydrogen-bond acceptors (Lipinski definition) is 6. The molecule has 24 heavy (non-hydrogen) atoms. The summed E-state index contributed by atoms with van der Waals surface area (Å²) in [6.07, 6.45) is 4.76. The molecule has 0 radical (unpaired) electrons. The van der Waals surface area contributed by atoms with Crippen LogP contribution in [0.25, 0.3) is 5.65 Å². The van der Waals surface area contributed by atoms with E-state index < -0.39 is 0 Å². The number of amides is 1. The Kier molecular flexibility index (Phi) is 4.64. The van der Waals surface area contributed by atoms with Gasteiger partial charge in [0.1, 0.15) is 6.33 Å². The zero-order valence-electron chi connectivity index (χ0n) is 13.6. The number of aromatic nitrogens is 5. The van der Waals surface area contributed by atoms with Gasteiger partial charge in [0.05, 0.1) is 16.9 Å². The second-order valence-corrected chi connectivity index (χ2v) is 5.66. The van der Waals surface area contributed by atoms with Crippen LogP contribution in [0.3, 0.4) is 0 Å². The van der Waals surface area contributed by atoms with Crippen molar-refractivity contribution in [3.05, 3.63) is 48.2 Å². The van der Waals surface area contributed by atoms with Crippen LogP contribution in [0.15, 0.2) is 36.9 Å². The maximum Gasteiger partial charge on any atom is 0.252 e. The summed E-state index contributed by atoms with van der Waals surface area (Å²) in [6.45, 7) is 5.20. The number of pyridine rings is 1. The molecule has 0 bridgehead atoms. The molecule has 0 fully saturated rings. The molecule has 0 saturated heterocycles. The molecule has 0 aromatic carbocycles. The first-order valence-electron chi connectivity index (χ1n) is 7.78. The second-order valence-electron chi connectivity index (χ2n) is 5.66. The van der Waals surface area contributed by atoms with E-state index >= 15 is 0 Å². The van der Waals surface area contributed by atoms with Crippen LogP contribution < -0.4 is 10.6 Å². The summed E-state index contributed by atoms with van der Waals surface area (Å²) >= 11 is 0. The first-order chi connectivity index (χ1) is 11.6. The van der Waals surface area contributed by atoms with Gasteiger partial charge in [0.2, 0.25) is 5.65 Å². The number of nitrogens with one attached hydrogen (secondary N) is 2. The Hall–Kier alpha value is -3.03. The molecule has 8 nitrogen and oxygen atoms in total. The van der Waals surface area contributed by atoms with Gasteiger partial charge < -0.3 is 10.6 Å². The van der Waals surface area contributed by atoms with E-state index in [4.69, 9.17) is 0 Å². The molecule has 0 aliphatic carbocycles. The average Bonchev–Trinajstić information content (AvgIpc) is 3.07. The summed E-state index contributed by atoms with van der Waals surface area (Å²) in [5.41, 5.74) is 3.01. The largest absolute Gasteiger partial charge is 0.380 e. The number of nitrogens with zero attached hydrogens (tertiary/aromatic N) is 5. The van der Waals surface area contributed by atoms with Crippen molar-refractivity contribution in [3.63, 3.8) is 0 Å². The fourth-order valence-electron chi connectivity index (χ4n) is 2.23. The predicted octanol–water partition coefficient (Wildman–Crippen LogP) is 1.48. The van der Waals surface area contributed by atoms with Crippen molar-refractivity contribution >= 4 is 17.2 Å². The number of fused-ring (bicyclic) bond motifs is 1. The zero-order valence-corrected chi connectivity index (χ0v) is 13.6. The van der Waals surface area contributed by atoms with Crippen LogP contribution in [-0.2, 0) is 0 Å². The number of hydrogen-bond donors (Lipinski definition) is 2. The summed E-state index contributed by atoms with van der Waals surface area (Å²) in [6, 6.07) is 5.44. The van der Waals surface area contributed by atoms with Gasteiger partial charge >= 0.3 is 0 Å². The highest BCUT2D eigenvalue weighted by atomic mass is 16.1. The average molecular weight is 325 g/mol. The van der Waals surface area contributed by atoms with Crippen LogP contribution >= 0.6 is 0 Å². The molecule has 3 aromatic rings. The lowest BCUT2D eigenvalue weighted by atomic mass is 10.1. The van der Waals surface area contributed by atoms with Crippen LogP contribution in [0.5, 0.6) is 0 Å². The topological polar surface area (TPSA) is 97.1 Å². The summed E-state index contributed by atoms with van der Waals surface area (Å²) in [5.74, 6) is 0.151. The van der Waals surface area contributed by atoms with Crippen LogP contribution in [0.2, 0.25) is 0 Å². The molecular weight excluding hydrogens is 306 g/mol. The van der Waals surface area contributed by atoms with Gasteiger partial charge in [-0.2, -0.15) is 9.61 Å². The summed E-state index contributed by atoms with van der Waals surface area (Å²) in [4.78, 5) is 15.9. The van der Waals surface area contributed by atoms with Crippen molar-refractivity contribution in [2.45, 2.75) is 19.8 Å². The first-order valence-corrected chi connectivity index (χ1v) is 7.78. The molecular formula is C16H19N7O. The van der Waals surface area contributed by atoms with Gasteiger partial charge in [0.25, 0.3) is 5.91 Å². The van der Waals surface area contributed by atoms with Gasteiger partial charge in [0, 0.05) is 25.5 Å². The second kappa shape index (κ2) is 7.03. The fourth-order valence-corrected chi connectivity index (χ4v) is 2.23. The monoisotopic (exact) mass is 325 g/mol. The normalized spacial score (nSPS) is 11.0. The van der Waals surface area contributed by atoms with Crippen molar-refractivity contribution in [2.75, 3.05) is 18.4 Å². The van der Waals surface area contributed by atoms with Crippen LogP contribution in [0, 0.1) is 0 Å². The molecule has 0 atom stereocenters. The Balaban J connectivity index is 1.61. The van der Waals surface area contributed by atoms with E-state index in [2.05, 4.69) is 44.8 Å². The van der Waals surface area contributed by atoms with Gasteiger partial charge in [0.15, 0.2) is 0 Å². The molecule has 0 spiro atoms. The molecule has 3 heterocycles. The lowest BCUT2D eigenvalue weighted by molar-refractivity contribution is 0.0955. The minimum atomic E-state index is -0.143. The van der Waals surface area contributed by atoms with Crippen molar-refractivity contribution in [1.29, 1.82) is 0 Å². The molecule has 124 valence electrons. The minimum absolute atomic E-state index is 0.143. The highest BCUT2D eigenvalue weighted by molar-refractivity contribution is 5.93. The Morgan fingerprint density at radius 2 is 2.21 bits per heavy atom. The summed E-state index contributed by atoms with van der Waals surface area (Å²) in [5, 5.41) is 18.6. The third-order valence-corrected chi connectivity index (χ3v) is 3.53. The Labute approximate surface area is 139 Å². The standard InChI is InChI=1S/C16H19N7O/c1-11(2)13-8-14(15-21-20-10-23(15)22-13)18-6-7-19-16(24)12-4-3-5-17-9-12/h3-5,8-11,18H,6-7H2,1-2H3,(H,19,24). The third-order valence-electron chi connectivity index (χ3n) is 3.53. The van der Waals surface area contributed by atoms with Crippen molar-refractivity contribution in [3.8, 4) is 0 Å². The van der Waals surface area contributed by atoms with Crippen molar-refractivity contribution in [1.82, 2.24) is 30.1 Å². The summed E-state index contributed by atoms with van der Waals surface area (Å²) < 4.78 is 1.66. The van der Waals surface area contributed by atoms with Crippen LogP contribution in [-0.4, -0.2) is 43.8 Å². The summed E-state index contributed by atoms with van der Waals surface area (Å²) in [7, 11) is 0. The van der Waals surface area contributed by atoms with Gasteiger partial charge in [-0.15, -0.1) is 10.2 Å². The van der Waals surface area contributed by atoms with Crippen LogP contribution in [0.1, 0.15) is 35.8 Å². The Bertz CT molecular complexity index is 829. The van der Waals surface area contributed by atoms with E-state index in [1.165, 1.54) is 0 Å². The molecule has 2 N–H and O–H groups in total. The minimum Gasteiger partial charge on any atom is -0.380 e. The predicted molar refractivity (Wildman–Crippen MR) is 89.9 cm³/mol. The van der Waals surface area contributed by atoms with E-state index in [1.807, 2.05) is 6.07 Å². The van der Waals surface area contributed by atoms with Crippen molar-refractivity contribution < 1.29 is 4.79 Å². The van der Waals surface area contributed by atoms with Gasteiger partial charge in [-0.25, -0.2) is 0 Å². The first kappa shape index (κ1) is 15.9. The van der Waals surface area contributed by atoms with E-state index in [-0.39, 0.29) is 5.91 Å². The SMILES string of the molecule is CC(C)c1cc(NCCNC(=O)c2cccnc2)c2nncn2n1. The van der Waals surface area contributed by atoms with Gasteiger partial charge in [-0.05, 0) is 24.1 Å². The third kappa shape index (κ3) is 3.48. The molecule has 0 unspecified atom stereocenters. The van der Waals surface area contributed by atoms with Crippen molar-refractivity contribution in [2.24, 2.45) is 0 Å². The van der Waals surface area contributed by atoms with E-state index in [0.29, 0.717) is 30.2 Å². The maximum absolute atomic E-state index is 12.0. The van der Waals surface area contributed by atoms with Crippen LogP contribution in [0.4, 0.5) is 5.69 Å². The maximum atomic E-state index is 12.0. The number of carbonyl (C=O) groups is 1. The van der Waals surface area contributed by atoms with E-state index in [9.17, 15) is 4.79 Å². The highest BCUT2D eigenvalue weighted by Crippen LogP contribution is 2.19. The number of carbonyl (C=O) groups excluding carboxylic acids is 1. The highest BCUT2D eigenvalue weighted by Gasteiger charge is 2.10. The molecule has 8 heteroatoms. The quantitative estimate of drug-likeness (QED) is 0.666. The van der Waals surface area contributed by atoms with E-state index in [0.717, 1.165) is 11.4 Å². The Morgan fingerprint density at radius 3 is 2.96 bits per heavy atom. The fraction of sp³-hybridized carbons (Fsp3) is 0.312. The smallest absolute Gasteiger partial charge is 0.252 e. The lowest BCUT2D eigenvalue weighted by Crippen LogP contribution is -2.29. The van der Waals surface area contributed by atoms with Gasteiger partial charge in [-0.1, -0.05) is 13.8 Å². The lowest BCUT2D eigenvalue weighted by Gasteiger charge is -2.11. The zero-order chi connectivity index (χ0) is 16.9. The Morgan fingerprint density at radius 1 is 1.33 bits per heavy atom. The molecule has 1 amide bonds. The van der Waals surface area contributed by atoms with E-state index in [1.54, 1.807) is 35.4 Å². The number of anilines is 1. The van der Waals surface area contributed by atoms with Gasteiger partial charge in [-0.3, -0.25) is 9.78 Å². The molecule has 0 aliphatic rings. The molecule has 0 saturated carbocycles. The number of rotatable bonds is 6. The molecule has 3 aromatic heterocycles. The molecule has 3 rings (SSSR count). The molecule has 0 aliphatic heterocycles.